The van der Waals surface area contributed by atoms with Gasteiger partial charge in [-0.1, -0.05) is 60.1 Å². The van der Waals surface area contributed by atoms with E-state index in [1.807, 2.05) is 42.5 Å². The van der Waals surface area contributed by atoms with Crippen molar-refractivity contribution in [2.75, 3.05) is 0 Å². The van der Waals surface area contributed by atoms with Crippen LogP contribution in [0, 0.1) is 6.92 Å². The minimum atomic E-state index is -0.554. The van der Waals surface area contributed by atoms with Gasteiger partial charge in [0.05, 0.1) is 17.8 Å². The number of hydrogen-bond acceptors (Lipinski definition) is 5. The van der Waals surface area contributed by atoms with Crippen molar-refractivity contribution in [3.63, 3.8) is 0 Å². The molecule has 7 nitrogen and oxygen atoms in total. The molecule has 0 aliphatic heterocycles. The van der Waals surface area contributed by atoms with Crippen LogP contribution in [0.5, 0.6) is 0 Å². The van der Waals surface area contributed by atoms with E-state index in [0.29, 0.717) is 15.6 Å². The van der Waals surface area contributed by atoms with E-state index in [2.05, 4.69) is 15.8 Å². The van der Waals surface area contributed by atoms with Gasteiger partial charge in [0.1, 0.15) is 9.88 Å². The fourth-order valence-corrected chi connectivity index (χ4v) is 4.32. The van der Waals surface area contributed by atoms with Crippen molar-refractivity contribution in [3.05, 3.63) is 110 Å². The highest BCUT2D eigenvalue weighted by Crippen LogP contribution is 2.27. The number of pyridine rings is 1. The Hall–Kier alpha value is -3.75. The van der Waals surface area contributed by atoms with E-state index in [-0.39, 0.29) is 17.7 Å². The Morgan fingerprint density at radius 3 is 2.42 bits per heavy atom. The molecule has 2 amide bonds. The largest absolute Gasteiger partial charge is 0.310 e. The van der Waals surface area contributed by atoms with Crippen LogP contribution in [0.1, 0.15) is 31.3 Å². The lowest BCUT2D eigenvalue weighted by atomic mass is 10.2. The summed E-state index contributed by atoms with van der Waals surface area (Å²) < 4.78 is 1.39. The standard InChI is InChI=1S/C24H19ClN4O3S/c1-15-21(33-24(26-15)16-7-3-2-4-8-16)23(32)28-27-22(31)18-11-12-20(30)29(14-18)13-17-9-5-6-10-19(17)25/h2-12,14H,13H2,1H3,(H,27,31)(H,28,32). The lowest BCUT2D eigenvalue weighted by molar-refractivity contribution is 0.0848. The molecule has 2 heterocycles. The average Bonchev–Trinajstić information content (AvgIpc) is 3.22. The van der Waals surface area contributed by atoms with Crippen LogP contribution in [0.25, 0.3) is 10.6 Å². The van der Waals surface area contributed by atoms with E-state index in [1.54, 1.807) is 19.1 Å². The first-order chi connectivity index (χ1) is 15.9. The molecule has 0 atom stereocenters. The summed E-state index contributed by atoms with van der Waals surface area (Å²) in [6.45, 7) is 1.96. The van der Waals surface area contributed by atoms with Crippen LogP contribution >= 0.6 is 22.9 Å². The quantitative estimate of drug-likeness (QED) is 0.423. The molecule has 0 saturated carbocycles. The van der Waals surface area contributed by atoms with Crippen LogP contribution in [-0.2, 0) is 6.54 Å². The second-order valence-electron chi connectivity index (χ2n) is 7.18. The summed E-state index contributed by atoms with van der Waals surface area (Å²) in [4.78, 5) is 42.3. The number of nitrogens with one attached hydrogen (secondary N) is 2. The number of rotatable bonds is 5. The Labute approximate surface area is 198 Å². The maximum atomic E-state index is 12.6. The van der Waals surface area contributed by atoms with E-state index in [0.717, 1.165) is 16.1 Å². The molecule has 9 heteroatoms. The summed E-state index contributed by atoms with van der Waals surface area (Å²) in [5.41, 5.74) is 6.99. The molecule has 166 valence electrons. The van der Waals surface area contributed by atoms with Crippen molar-refractivity contribution < 1.29 is 9.59 Å². The minimum Gasteiger partial charge on any atom is -0.310 e. The predicted molar refractivity (Wildman–Crippen MR) is 128 cm³/mol. The maximum absolute atomic E-state index is 12.6. The number of hydrogen-bond donors (Lipinski definition) is 2. The molecular weight excluding hydrogens is 460 g/mol. The number of hydrazine groups is 1. The van der Waals surface area contributed by atoms with Crippen LogP contribution in [0.15, 0.2) is 77.7 Å². The van der Waals surface area contributed by atoms with Gasteiger partial charge in [0.25, 0.3) is 17.4 Å². The molecule has 2 aromatic carbocycles. The van der Waals surface area contributed by atoms with Crippen molar-refractivity contribution in [2.45, 2.75) is 13.5 Å². The normalized spacial score (nSPS) is 10.6. The Bertz CT molecular complexity index is 1380. The smallest absolute Gasteiger partial charge is 0.281 e. The topological polar surface area (TPSA) is 93.1 Å². The molecule has 4 aromatic rings. The molecule has 2 aromatic heterocycles. The zero-order chi connectivity index (χ0) is 23.4. The highest BCUT2D eigenvalue weighted by Gasteiger charge is 2.17. The number of nitrogens with zero attached hydrogens (tertiary/aromatic N) is 2. The molecule has 0 radical (unpaired) electrons. The monoisotopic (exact) mass is 478 g/mol. The molecule has 0 aliphatic rings. The van der Waals surface area contributed by atoms with Crippen molar-refractivity contribution in [2.24, 2.45) is 0 Å². The van der Waals surface area contributed by atoms with Gasteiger partial charge < -0.3 is 4.57 Å². The molecule has 0 saturated heterocycles. The van der Waals surface area contributed by atoms with Crippen LogP contribution in [0.4, 0.5) is 0 Å². The van der Waals surface area contributed by atoms with Gasteiger partial charge >= 0.3 is 0 Å². The van der Waals surface area contributed by atoms with Crippen molar-refractivity contribution in [1.82, 2.24) is 20.4 Å². The number of halogens is 1. The van der Waals surface area contributed by atoms with Crippen LogP contribution in [0.2, 0.25) is 5.02 Å². The average molecular weight is 479 g/mol. The van der Waals surface area contributed by atoms with Gasteiger partial charge in [0, 0.05) is 22.8 Å². The van der Waals surface area contributed by atoms with E-state index in [9.17, 15) is 14.4 Å². The first-order valence-electron chi connectivity index (χ1n) is 10.00. The third-order valence-corrected chi connectivity index (χ3v) is 6.43. The third-order valence-electron chi connectivity index (χ3n) is 4.86. The summed E-state index contributed by atoms with van der Waals surface area (Å²) >= 11 is 7.42. The Balaban J connectivity index is 1.45. The SMILES string of the molecule is Cc1nc(-c2ccccc2)sc1C(=O)NNC(=O)c1ccc(=O)n(Cc2ccccc2Cl)c1. The molecule has 0 bridgehead atoms. The Morgan fingerprint density at radius 2 is 1.67 bits per heavy atom. The lowest BCUT2D eigenvalue weighted by Gasteiger charge is -2.10. The third kappa shape index (κ3) is 5.19. The first kappa shape index (κ1) is 22.4. The van der Waals surface area contributed by atoms with E-state index < -0.39 is 11.8 Å². The number of aromatic nitrogens is 2. The molecule has 4 rings (SSSR count). The number of amides is 2. The van der Waals surface area contributed by atoms with Gasteiger partial charge in [-0.25, -0.2) is 4.98 Å². The predicted octanol–water partition coefficient (Wildman–Crippen LogP) is 4.06. The van der Waals surface area contributed by atoms with Crippen LogP contribution < -0.4 is 16.4 Å². The number of thiazole rings is 1. The molecule has 0 unspecified atom stereocenters. The fraction of sp³-hybridized carbons (Fsp3) is 0.0833. The van der Waals surface area contributed by atoms with E-state index in [1.165, 1.54) is 34.2 Å². The second-order valence-corrected chi connectivity index (χ2v) is 8.59. The second kappa shape index (κ2) is 9.81. The van der Waals surface area contributed by atoms with Gasteiger partial charge in [-0.3, -0.25) is 25.2 Å². The summed E-state index contributed by atoms with van der Waals surface area (Å²) in [7, 11) is 0. The van der Waals surface area contributed by atoms with Gasteiger partial charge in [0.2, 0.25) is 0 Å². The van der Waals surface area contributed by atoms with E-state index >= 15 is 0 Å². The molecule has 33 heavy (non-hydrogen) atoms. The van der Waals surface area contributed by atoms with Crippen molar-refractivity contribution in [3.8, 4) is 10.6 Å². The highest BCUT2D eigenvalue weighted by atomic mass is 35.5. The summed E-state index contributed by atoms with van der Waals surface area (Å²) in [5.74, 6) is -1.02. The highest BCUT2D eigenvalue weighted by molar-refractivity contribution is 7.17. The molecule has 2 N–H and O–H groups in total. The fourth-order valence-electron chi connectivity index (χ4n) is 3.15. The van der Waals surface area contributed by atoms with Gasteiger partial charge in [-0.15, -0.1) is 11.3 Å². The van der Waals surface area contributed by atoms with E-state index in [4.69, 9.17) is 11.6 Å². The Kier molecular flexibility index (Phi) is 6.67. The lowest BCUT2D eigenvalue weighted by Crippen LogP contribution is -2.42. The molecule has 0 aliphatic carbocycles. The number of aryl methyl sites for hydroxylation is 1. The summed E-state index contributed by atoms with van der Waals surface area (Å²) in [5, 5.41) is 1.25. The van der Waals surface area contributed by atoms with Crippen molar-refractivity contribution >= 4 is 34.8 Å². The zero-order valence-electron chi connectivity index (χ0n) is 17.5. The van der Waals surface area contributed by atoms with Gasteiger partial charge in [-0.2, -0.15) is 0 Å². The number of benzene rings is 2. The summed E-state index contributed by atoms with van der Waals surface area (Å²) in [6.07, 6.45) is 1.43. The Morgan fingerprint density at radius 1 is 0.970 bits per heavy atom. The molecular formula is C24H19ClN4O3S. The molecule has 0 fully saturated rings. The summed E-state index contributed by atoms with van der Waals surface area (Å²) in [6, 6.07) is 19.4. The van der Waals surface area contributed by atoms with Gasteiger partial charge in [-0.05, 0) is 24.6 Å². The number of carbonyl (C=O) groups is 2. The first-order valence-corrected chi connectivity index (χ1v) is 11.2. The van der Waals surface area contributed by atoms with Crippen LogP contribution in [0.3, 0.4) is 0 Å². The zero-order valence-corrected chi connectivity index (χ0v) is 19.1. The molecule has 0 spiro atoms. The van der Waals surface area contributed by atoms with Crippen molar-refractivity contribution in [1.29, 1.82) is 0 Å². The maximum Gasteiger partial charge on any atom is 0.281 e. The van der Waals surface area contributed by atoms with Crippen LogP contribution in [-0.4, -0.2) is 21.4 Å². The minimum absolute atomic E-state index is 0.216. The van der Waals surface area contributed by atoms with Gasteiger partial charge in [0.15, 0.2) is 0 Å². The number of carbonyl (C=O) groups excluding carboxylic acids is 2.